The number of carbonyl (C=O) groups excluding carboxylic acids is 1. The van der Waals surface area contributed by atoms with Gasteiger partial charge in [0, 0.05) is 9.37 Å². The van der Waals surface area contributed by atoms with E-state index in [0.29, 0.717) is 0 Å². The molecule has 2 N–H and O–H groups in total. The van der Waals surface area contributed by atoms with E-state index in [9.17, 15) is 4.79 Å². The number of nitrogens with two attached hydrogens (primary N) is 1. The average Bonchev–Trinajstić information content (AvgIpc) is 2.08. The molecule has 4 heteroatoms. The molecule has 1 rings (SSSR count). The largest absolute Gasteiger partial charge is 0.369 e. The summed E-state index contributed by atoms with van der Waals surface area (Å²) in [5, 5.41) is -0.196. The molecule has 0 saturated carbocycles. The fraction of sp³-hybridized carbons (Fsp3) is 0.222. The van der Waals surface area contributed by atoms with Gasteiger partial charge < -0.3 is 5.73 Å². The summed E-state index contributed by atoms with van der Waals surface area (Å²) in [6.07, 6.45) is 0. The summed E-state index contributed by atoms with van der Waals surface area (Å²) in [6, 6.07) is 7.76. The minimum atomic E-state index is -0.291. The summed E-state index contributed by atoms with van der Waals surface area (Å²) in [5.74, 6) is -0.291. The van der Waals surface area contributed by atoms with E-state index in [1.54, 1.807) is 6.92 Å². The van der Waals surface area contributed by atoms with Gasteiger partial charge in [-0.3, -0.25) is 4.79 Å². The molecule has 0 aliphatic carbocycles. The molecule has 0 radical (unpaired) electrons. The number of amides is 1. The zero-order valence-corrected chi connectivity index (χ0v) is 9.56. The number of hydrogen-bond acceptors (Lipinski definition) is 2. The Hall–Kier alpha value is -0.480. The summed E-state index contributed by atoms with van der Waals surface area (Å²) >= 11 is 4.86. The maximum atomic E-state index is 10.8. The lowest BCUT2D eigenvalue weighted by molar-refractivity contribution is -0.117. The summed E-state index contributed by atoms with van der Waals surface area (Å²) in [7, 11) is 0. The van der Waals surface area contributed by atoms with Gasteiger partial charge in [0.1, 0.15) is 0 Å². The van der Waals surface area contributed by atoms with Crippen molar-refractivity contribution >= 4 is 33.6 Å². The van der Waals surface area contributed by atoms with Crippen LogP contribution >= 0.6 is 27.7 Å². The normalized spacial score (nSPS) is 12.5. The lowest BCUT2D eigenvalue weighted by Gasteiger charge is -2.07. The van der Waals surface area contributed by atoms with Crippen molar-refractivity contribution in [3.63, 3.8) is 0 Å². The highest BCUT2D eigenvalue weighted by atomic mass is 79.9. The summed E-state index contributed by atoms with van der Waals surface area (Å²) in [6.45, 7) is 1.80. The molecule has 1 amide bonds. The molecule has 0 fully saturated rings. The first kappa shape index (κ1) is 10.6. The van der Waals surface area contributed by atoms with Crippen LogP contribution in [0, 0.1) is 0 Å². The van der Waals surface area contributed by atoms with E-state index in [2.05, 4.69) is 15.9 Å². The van der Waals surface area contributed by atoms with E-state index in [1.165, 1.54) is 11.8 Å². The lowest BCUT2D eigenvalue weighted by Crippen LogP contribution is -2.22. The molecule has 2 nitrogen and oxygen atoms in total. The SMILES string of the molecule is C[C@H](Sc1ccccc1Br)C(N)=O. The molecule has 0 heterocycles. The van der Waals surface area contributed by atoms with Gasteiger partial charge in [-0.1, -0.05) is 12.1 Å². The predicted octanol–water partition coefficient (Wildman–Crippen LogP) is 2.42. The van der Waals surface area contributed by atoms with Crippen molar-refractivity contribution in [2.75, 3.05) is 0 Å². The number of benzene rings is 1. The molecule has 0 unspecified atom stereocenters. The minimum absolute atomic E-state index is 0.196. The van der Waals surface area contributed by atoms with Gasteiger partial charge in [0.2, 0.25) is 5.91 Å². The molecular formula is C9H10BrNOS. The van der Waals surface area contributed by atoms with Gasteiger partial charge in [0.15, 0.2) is 0 Å². The van der Waals surface area contributed by atoms with Crippen LogP contribution in [0.1, 0.15) is 6.92 Å². The first-order valence-corrected chi connectivity index (χ1v) is 5.49. The number of rotatable bonds is 3. The van der Waals surface area contributed by atoms with E-state index in [-0.39, 0.29) is 11.2 Å². The topological polar surface area (TPSA) is 43.1 Å². The van der Waals surface area contributed by atoms with Crippen LogP contribution in [0.5, 0.6) is 0 Å². The second-order valence-electron chi connectivity index (χ2n) is 2.59. The van der Waals surface area contributed by atoms with Crippen LogP contribution in [0.3, 0.4) is 0 Å². The van der Waals surface area contributed by atoms with Crippen molar-refractivity contribution in [2.45, 2.75) is 17.1 Å². The van der Waals surface area contributed by atoms with Crippen molar-refractivity contribution in [1.29, 1.82) is 0 Å². The molecule has 0 aliphatic heterocycles. The Morgan fingerprint density at radius 1 is 1.54 bits per heavy atom. The fourth-order valence-electron chi connectivity index (χ4n) is 0.789. The molecule has 0 aliphatic rings. The van der Waals surface area contributed by atoms with Gasteiger partial charge in [-0.25, -0.2) is 0 Å². The first-order valence-electron chi connectivity index (χ1n) is 3.81. The molecule has 70 valence electrons. The Kier molecular flexibility index (Phi) is 3.81. The van der Waals surface area contributed by atoms with Gasteiger partial charge in [-0.2, -0.15) is 0 Å². The van der Waals surface area contributed by atoms with E-state index < -0.39 is 0 Å². The lowest BCUT2D eigenvalue weighted by atomic mass is 10.4. The summed E-state index contributed by atoms with van der Waals surface area (Å²) in [5.41, 5.74) is 5.16. The first-order chi connectivity index (χ1) is 6.11. The maximum absolute atomic E-state index is 10.8. The molecule has 0 aromatic heterocycles. The minimum Gasteiger partial charge on any atom is -0.369 e. The van der Waals surface area contributed by atoms with Crippen molar-refractivity contribution in [3.8, 4) is 0 Å². The highest BCUT2D eigenvalue weighted by Crippen LogP contribution is 2.29. The van der Waals surface area contributed by atoms with Crippen molar-refractivity contribution in [3.05, 3.63) is 28.7 Å². The molecule has 1 atom stereocenters. The zero-order chi connectivity index (χ0) is 9.84. The third kappa shape index (κ3) is 3.04. The van der Waals surface area contributed by atoms with Gasteiger partial charge >= 0.3 is 0 Å². The van der Waals surface area contributed by atoms with Crippen LogP contribution in [0.4, 0.5) is 0 Å². The van der Waals surface area contributed by atoms with Crippen molar-refractivity contribution in [2.24, 2.45) is 5.73 Å². The Morgan fingerprint density at radius 2 is 2.15 bits per heavy atom. The van der Waals surface area contributed by atoms with E-state index in [0.717, 1.165) is 9.37 Å². The third-order valence-electron chi connectivity index (χ3n) is 1.54. The van der Waals surface area contributed by atoms with Gasteiger partial charge in [-0.15, -0.1) is 11.8 Å². The quantitative estimate of drug-likeness (QED) is 0.848. The number of primary amides is 1. The molecular weight excluding hydrogens is 250 g/mol. The number of thioether (sulfide) groups is 1. The summed E-state index contributed by atoms with van der Waals surface area (Å²) < 4.78 is 0.994. The third-order valence-corrected chi connectivity index (χ3v) is 3.69. The van der Waals surface area contributed by atoms with E-state index >= 15 is 0 Å². The molecule has 1 aromatic rings. The fourth-order valence-corrected chi connectivity index (χ4v) is 2.19. The Bertz CT molecular complexity index is 316. The van der Waals surface area contributed by atoms with Crippen LogP contribution in [0.15, 0.2) is 33.6 Å². The van der Waals surface area contributed by atoms with Crippen LogP contribution in [-0.2, 0) is 4.79 Å². The van der Waals surface area contributed by atoms with E-state index in [1.807, 2.05) is 24.3 Å². The van der Waals surface area contributed by atoms with Crippen LogP contribution in [-0.4, -0.2) is 11.2 Å². The van der Waals surface area contributed by atoms with Crippen LogP contribution < -0.4 is 5.73 Å². The summed E-state index contributed by atoms with van der Waals surface area (Å²) in [4.78, 5) is 11.8. The smallest absolute Gasteiger partial charge is 0.230 e. The molecule has 0 bridgehead atoms. The second-order valence-corrected chi connectivity index (χ2v) is 4.83. The zero-order valence-electron chi connectivity index (χ0n) is 7.16. The highest BCUT2D eigenvalue weighted by Gasteiger charge is 2.11. The van der Waals surface area contributed by atoms with Crippen molar-refractivity contribution < 1.29 is 4.79 Å². The Balaban J connectivity index is 2.74. The molecule has 0 spiro atoms. The van der Waals surface area contributed by atoms with Crippen LogP contribution in [0.25, 0.3) is 0 Å². The standard InChI is InChI=1S/C9H10BrNOS/c1-6(9(11)12)13-8-5-3-2-4-7(8)10/h2-6H,1H3,(H2,11,12)/t6-/m0/s1. The predicted molar refractivity (Wildman–Crippen MR) is 58.7 cm³/mol. The Morgan fingerprint density at radius 3 is 2.69 bits per heavy atom. The van der Waals surface area contributed by atoms with Gasteiger partial charge in [-0.05, 0) is 35.0 Å². The maximum Gasteiger partial charge on any atom is 0.230 e. The van der Waals surface area contributed by atoms with Crippen LogP contribution in [0.2, 0.25) is 0 Å². The molecule has 13 heavy (non-hydrogen) atoms. The number of hydrogen-bond donors (Lipinski definition) is 1. The Labute approximate surface area is 90.0 Å². The van der Waals surface area contributed by atoms with Gasteiger partial charge in [0.25, 0.3) is 0 Å². The molecule has 0 saturated heterocycles. The monoisotopic (exact) mass is 259 g/mol. The number of halogens is 1. The van der Waals surface area contributed by atoms with E-state index in [4.69, 9.17) is 5.73 Å². The highest BCUT2D eigenvalue weighted by molar-refractivity contribution is 9.10. The average molecular weight is 260 g/mol. The number of carbonyl (C=O) groups is 1. The molecule has 1 aromatic carbocycles. The van der Waals surface area contributed by atoms with Crippen molar-refractivity contribution in [1.82, 2.24) is 0 Å². The van der Waals surface area contributed by atoms with Gasteiger partial charge in [0.05, 0.1) is 5.25 Å². The second kappa shape index (κ2) is 4.67.